The molecule has 2 aliphatic rings. The van der Waals surface area contributed by atoms with Gasteiger partial charge in [-0.25, -0.2) is 4.98 Å². The number of anilines is 1. The minimum absolute atomic E-state index is 0.115. The van der Waals surface area contributed by atoms with Crippen molar-refractivity contribution in [1.82, 2.24) is 10.3 Å². The molecule has 0 saturated heterocycles. The summed E-state index contributed by atoms with van der Waals surface area (Å²) >= 11 is 5.81. The van der Waals surface area contributed by atoms with Crippen molar-refractivity contribution in [2.45, 2.75) is 37.6 Å². The van der Waals surface area contributed by atoms with E-state index < -0.39 is 17.8 Å². The quantitative estimate of drug-likeness (QED) is 0.844. The summed E-state index contributed by atoms with van der Waals surface area (Å²) in [5, 5.41) is 9.21. The van der Waals surface area contributed by atoms with Crippen molar-refractivity contribution < 1.29 is 22.8 Å². The van der Waals surface area contributed by atoms with E-state index in [1.807, 2.05) is 0 Å². The number of nitrogens with zero attached hydrogens (tertiary/aromatic N) is 2. The number of carbonyl (C=O) groups is 1. The lowest BCUT2D eigenvalue weighted by atomic mass is 10.1. The van der Waals surface area contributed by atoms with E-state index in [9.17, 15) is 18.0 Å². The molecule has 2 heterocycles. The maximum Gasteiger partial charge on any atom is 0.417 e. The number of alkyl halides is 3. The second-order valence-electron chi connectivity index (χ2n) is 5.65. The minimum Gasteiger partial charge on any atom is -0.390 e. The zero-order chi connectivity index (χ0) is 17.3. The highest BCUT2D eigenvalue weighted by molar-refractivity contribution is 6.39. The molecule has 10 heteroatoms. The number of pyridine rings is 1. The van der Waals surface area contributed by atoms with Crippen LogP contribution in [0.25, 0.3) is 0 Å². The Morgan fingerprint density at radius 2 is 2.17 bits per heavy atom. The molecule has 1 aromatic heterocycles. The Hall–Kier alpha value is -2.03. The van der Waals surface area contributed by atoms with Gasteiger partial charge in [-0.05, 0) is 18.9 Å². The Morgan fingerprint density at radius 3 is 2.79 bits per heavy atom. The Bertz CT molecular complexity index is 676. The molecule has 0 unspecified atom stereocenters. The highest BCUT2D eigenvalue weighted by Gasteiger charge is 2.32. The number of nitrogens with one attached hydrogen (secondary N) is 2. The van der Waals surface area contributed by atoms with Crippen LogP contribution in [0.2, 0.25) is 5.02 Å². The van der Waals surface area contributed by atoms with Gasteiger partial charge in [0.15, 0.2) is 6.10 Å². The first-order chi connectivity index (χ1) is 11.3. The molecule has 0 bridgehead atoms. The molecule has 130 valence electrons. The van der Waals surface area contributed by atoms with Crippen molar-refractivity contribution in [1.29, 1.82) is 0 Å². The van der Waals surface area contributed by atoms with E-state index in [-0.39, 0.29) is 29.3 Å². The molecule has 0 spiro atoms. The minimum atomic E-state index is -4.50. The molecule has 0 aromatic carbocycles. The van der Waals surface area contributed by atoms with Crippen molar-refractivity contribution in [2.24, 2.45) is 5.16 Å². The number of carbonyl (C=O) groups excluding carboxylic acids is 1. The number of rotatable bonds is 5. The van der Waals surface area contributed by atoms with Crippen LogP contribution in [0, 0.1) is 0 Å². The highest BCUT2D eigenvalue weighted by Crippen LogP contribution is 2.32. The molecule has 1 atom stereocenters. The van der Waals surface area contributed by atoms with Crippen molar-refractivity contribution in [3.63, 3.8) is 0 Å². The second kappa shape index (κ2) is 6.46. The predicted molar refractivity (Wildman–Crippen MR) is 80.8 cm³/mol. The Labute approximate surface area is 140 Å². The van der Waals surface area contributed by atoms with Crippen LogP contribution in [0.3, 0.4) is 0 Å². The molecule has 3 rings (SSSR count). The zero-order valence-corrected chi connectivity index (χ0v) is 13.1. The van der Waals surface area contributed by atoms with E-state index in [4.69, 9.17) is 16.4 Å². The van der Waals surface area contributed by atoms with Gasteiger partial charge in [0.1, 0.15) is 11.5 Å². The van der Waals surface area contributed by atoms with Gasteiger partial charge in [0.05, 0.1) is 17.1 Å². The number of amides is 1. The summed E-state index contributed by atoms with van der Waals surface area (Å²) < 4.78 is 37.7. The van der Waals surface area contributed by atoms with Crippen molar-refractivity contribution >= 4 is 29.0 Å². The van der Waals surface area contributed by atoms with Gasteiger partial charge in [0.2, 0.25) is 0 Å². The van der Waals surface area contributed by atoms with Gasteiger partial charge in [-0.1, -0.05) is 16.8 Å². The van der Waals surface area contributed by atoms with Gasteiger partial charge in [-0.15, -0.1) is 0 Å². The van der Waals surface area contributed by atoms with Crippen molar-refractivity contribution in [2.75, 3.05) is 11.9 Å². The first-order valence-corrected chi connectivity index (χ1v) is 7.71. The molecule has 6 nitrogen and oxygen atoms in total. The lowest BCUT2D eigenvalue weighted by Gasteiger charge is -2.13. The van der Waals surface area contributed by atoms with Gasteiger partial charge in [-0.2, -0.15) is 13.2 Å². The molecule has 1 saturated carbocycles. The standard InChI is InChI=1S/C14H14ClF3N4O2/c15-10-3-7(14(16,17)18)5-19-12(10)20-6-9-4-11(22-24-9)13(23)21-8-1-2-8/h3,5,8-9H,1-2,4,6H2,(H,19,20)(H,21,23)/t9-/m0/s1. The monoisotopic (exact) mass is 362 g/mol. The number of hydrogen-bond acceptors (Lipinski definition) is 5. The maximum absolute atomic E-state index is 12.6. The number of halogens is 4. The SMILES string of the molecule is O=C(NC1CC1)C1=NO[C@H](CNc2ncc(C(F)(F)F)cc2Cl)C1. The molecular weight excluding hydrogens is 349 g/mol. The Balaban J connectivity index is 1.51. The van der Waals surface area contributed by atoms with Crippen LogP contribution in [0.4, 0.5) is 19.0 Å². The summed E-state index contributed by atoms with van der Waals surface area (Å²) in [6.45, 7) is 0.210. The largest absolute Gasteiger partial charge is 0.417 e. The van der Waals surface area contributed by atoms with Gasteiger partial charge >= 0.3 is 6.18 Å². The molecule has 24 heavy (non-hydrogen) atoms. The molecule has 1 aromatic rings. The highest BCUT2D eigenvalue weighted by atomic mass is 35.5. The zero-order valence-electron chi connectivity index (χ0n) is 12.4. The van der Waals surface area contributed by atoms with Gasteiger partial charge < -0.3 is 15.5 Å². The number of hydrogen-bond donors (Lipinski definition) is 2. The van der Waals surface area contributed by atoms with E-state index in [0.29, 0.717) is 18.3 Å². The Morgan fingerprint density at radius 1 is 1.42 bits per heavy atom. The van der Waals surface area contributed by atoms with E-state index in [1.165, 1.54) is 0 Å². The van der Waals surface area contributed by atoms with Crippen LogP contribution in [-0.4, -0.2) is 35.3 Å². The summed E-state index contributed by atoms with van der Waals surface area (Å²) in [6.07, 6.45) is -1.95. The predicted octanol–water partition coefficient (Wildman–Crippen LogP) is 2.59. The first-order valence-electron chi connectivity index (χ1n) is 7.33. The third-order valence-corrected chi connectivity index (χ3v) is 3.86. The maximum atomic E-state index is 12.6. The molecule has 1 fully saturated rings. The van der Waals surface area contributed by atoms with Gasteiger partial charge in [0, 0.05) is 18.7 Å². The van der Waals surface area contributed by atoms with E-state index in [2.05, 4.69) is 20.8 Å². The summed E-state index contributed by atoms with van der Waals surface area (Å²) in [5.41, 5.74) is -0.613. The van der Waals surface area contributed by atoms with Crippen LogP contribution in [0.15, 0.2) is 17.4 Å². The third-order valence-electron chi connectivity index (χ3n) is 3.57. The molecule has 0 radical (unpaired) electrons. The lowest BCUT2D eigenvalue weighted by Crippen LogP contribution is -2.33. The van der Waals surface area contributed by atoms with Crippen LogP contribution >= 0.6 is 11.6 Å². The van der Waals surface area contributed by atoms with Crippen molar-refractivity contribution in [3.05, 3.63) is 22.8 Å². The fourth-order valence-electron chi connectivity index (χ4n) is 2.10. The fraction of sp³-hybridized carbons (Fsp3) is 0.500. The molecular formula is C14H14ClF3N4O2. The van der Waals surface area contributed by atoms with Crippen LogP contribution in [0.1, 0.15) is 24.8 Å². The number of oxime groups is 1. The summed E-state index contributed by atoms with van der Waals surface area (Å²) in [6, 6.07) is 1.03. The summed E-state index contributed by atoms with van der Waals surface area (Å²) in [5.74, 6) is -0.130. The van der Waals surface area contributed by atoms with E-state index in [0.717, 1.165) is 18.9 Å². The second-order valence-corrected chi connectivity index (χ2v) is 6.06. The fourth-order valence-corrected chi connectivity index (χ4v) is 2.33. The molecule has 1 amide bonds. The third kappa shape index (κ3) is 4.08. The van der Waals surface area contributed by atoms with Gasteiger partial charge in [0.25, 0.3) is 5.91 Å². The van der Waals surface area contributed by atoms with Crippen molar-refractivity contribution in [3.8, 4) is 0 Å². The first kappa shape index (κ1) is 16.8. The average Bonchev–Trinajstić information content (AvgIpc) is 3.19. The Kier molecular flexibility index (Phi) is 4.53. The molecule has 2 N–H and O–H groups in total. The van der Waals surface area contributed by atoms with E-state index in [1.54, 1.807) is 0 Å². The molecule has 1 aliphatic heterocycles. The van der Waals surface area contributed by atoms with Crippen LogP contribution < -0.4 is 10.6 Å². The topological polar surface area (TPSA) is 75.6 Å². The van der Waals surface area contributed by atoms with Crippen LogP contribution in [-0.2, 0) is 15.8 Å². The number of aromatic nitrogens is 1. The van der Waals surface area contributed by atoms with E-state index >= 15 is 0 Å². The lowest BCUT2D eigenvalue weighted by molar-refractivity contribution is -0.137. The summed E-state index contributed by atoms with van der Waals surface area (Å²) in [4.78, 5) is 20.6. The summed E-state index contributed by atoms with van der Waals surface area (Å²) in [7, 11) is 0. The van der Waals surface area contributed by atoms with Gasteiger partial charge in [-0.3, -0.25) is 4.79 Å². The smallest absolute Gasteiger partial charge is 0.390 e. The molecule has 1 aliphatic carbocycles. The average molecular weight is 363 g/mol. The normalized spacial score (nSPS) is 20.3. The van der Waals surface area contributed by atoms with Crippen LogP contribution in [0.5, 0.6) is 0 Å².